The van der Waals surface area contributed by atoms with Crippen molar-refractivity contribution in [2.24, 2.45) is 0 Å². The number of fused-ring (bicyclic) bond motifs is 1. The van der Waals surface area contributed by atoms with Gasteiger partial charge in [0.2, 0.25) is 5.28 Å². The van der Waals surface area contributed by atoms with Crippen molar-refractivity contribution in [3.05, 3.63) is 17.2 Å². The SMILES string of the molecule is [O]C[C@H]1O[C@@H](c2cnc3c(N4CCOCC4)nc(Cl)nn23)[C@H](O)[C@@H]1O. The van der Waals surface area contributed by atoms with Crippen molar-refractivity contribution >= 4 is 23.1 Å². The number of aromatic nitrogens is 4. The van der Waals surface area contributed by atoms with Crippen LogP contribution in [0, 0.1) is 0 Å². The average molecular weight is 371 g/mol. The first-order valence-corrected chi connectivity index (χ1v) is 8.31. The Morgan fingerprint density at radius 3 is 2.72 bits per heavy atom. The fraction of sp³-hybridized carbons (Fsp3) is 0.643. The molecule has 2 aliphatic heterocycles. The molecule has 135 valence electrons. The molecule has 2 aromatic heterocycles. The van der Waals surface area contributed by atoms with Crippen LogP contribution in [0.5, 0.6) is 0 Å². The molecule has 0 bridgehead atoms. The maximum absolute atomic E-state index is 11.1. The summed E-state index contributed by atoms with van der Waals surface area (Å²) >= 11 is 6.07. The molecule has 0 amide bonds. The third-order valence-corrected chi connectivity index (χ3v) is 4.63. The fourth-order valence-electron chi connectivity index (χ4n) is 3.17. The molecule has 4 heterocycles. The summed E-state index contributed by atoms with van der Waals surface area (Å²) in [6, 6.07) is 0. The number of halogens is 1. The van der Waals surface area contributed by atoms with Crippen LogP contribution in [0.15, 0.2) is 6.20 Å². The number of hydrogen-bond donors (Lipinski definition) is 2. The van der Waals surface area contributed by atoms with Crippen molar-refractivity contribution in [3.8, 4) is 0 Å². The third kappa shape index (κ3) is 2.84. The zero-order chi connectivity index (χ0) is 17.6. The second-order valence-corrected chi connectivity index (χ2v) is 6.30. The summed E-state index contributed by atoms with van der Waals surface area (Å²) in [6.45, 7) is 1.78. The van der Waals surface area contributed by atoms with Gasteiger partial charge in [0.1, 0.15) is 31.0 Å². The highest BCUT2D eigenvalue weighted by atomic mass is 35.5. The van der Waals surface area contributed by atoms with Gasteiger partial charge in [-0.15, -0.1) is 5.10 Å². The van der Waals surface area contributed by atoms with Crippen LogP contribution in [-0.2, 0) is 14.6 Å². The average Bonchev–Trinajstić information content (AvgIpc) is 3.16. The predicted molar refractivity (Wildman–Crippen MR) is 84.0 cm³/mol. The molecule has 0 spiro atoms. The summed E-state index contributed by atoms with van der Waals surface area (Å²) in [7, 11) is 0. The zero-order valence-electron chi connectivity index (χ0n) is 13.2. The van der Waals surface area contributed by atoms with E-state index in [-0.39, 0.29) is 5.28 Å². The first-order chi connectivity index (χ1) is 12.1. The van der Waals surface area contributed by atoms with Gasteiger partial charge in [-0.25, -0.2) is 14.6 Å². The molecule has 2 fully saturated rings. The summed E-state index contributed by atoms with van der Waals surface area (Å²) in [6.07, 6.45) is -2.93. The van der Waals surface area contributed by atoms with Gasteiger partial charge in [-0.05, 0) is 11.6 Å². The van der Waals surface area contributed by atoms with Gasteiger partial charge < -0.3 is 24.6 Å². The predicted octanol–water partition coefficient (Wildman–Crippen LogP) is -0.794. The van der Waals surface area contributed by atoms with E-state index in [4.69, 9.17) is 21.1 Å². The van der Waals surface area contributed by atoms with E-state index in [0.717, 1.165) is 0 Å². The molecule has 25 heavy (non-hydrogen) atoms. The van der Waals surface area contributed by atoms with Crippen molar-refractivity contribution < 1.29 is 24.8 Å². The van der Waals surface area contributed by atoms with Gasteiger partial charge in [-0.1, -0.05) is 0 Å². The van der Waals surface area contributed by atoms with Crippen LogP contribution in [-0.4, -0.2) is 81.0 Å². The molecule has 0 aromatic carbocycles. The Hall–Kier alpha value is -1.56. The van der Waals surface area contributed by atoms with Gasteiger partial charge in [0.15, 0.2) is 11.5 Å². The van der Waals surface area contributed by atoms with Crippen LogP contribution >= 0.6 is 11.6 Å². The third-order valence-electron chi connectivity index (χ3n) is 4.47. The van der Waals surface area contributed by atoms with Gasteiger partial charge in [0, 0.05) is 13.1 Å². The van der Waals surface area contributed by atoms with Crippen LogP contribution < -0.4 is 4.90 Å². The number of rotatable bonds is 3. The number of morpholine rings is 1. The monoisotopic (exact) mass is 370 g/mol. The highest BCUT2D eigenvalue weighted by molar-refractivity contribution is 6.28. The molecule has 2 saturated heterocycles. The summed E-state index contributed by atoms with van der Waals surface area (Å²) < 4.78 is 12.3. The summed E-state index contributed by atoms with van der Waals surface area (Å²) in [5.41, 5.74) is 0.855. The Bertz CT molecular complexity index is 767. The van der Waals surface area contributed by atoms with Crippen LogP contribution in [0.1, 0.15) is 11.8 Å². The highest BCUT2D eigenvalue weighted by Gasteiger charge is 2.45. The molecule has 2 N–H and O–H groups in total. The van der Waals surface area contributed by atoms with Crippen molar-refractivity contribution in [1.29, 1.82) is 0 Å². The molecule has 0 unspecified atom stereocenters. The van der Waals surface area contributed by atoms with E-state index in [1.807, 2.05) is 4.90 Å². The number of aliphatic hydroxyl groups excluding tert-OH is 2. The number of ether oxygens (including phenoxy) is 2. The number of nitrogens with zero attached hydrogens (tertiary/aromatic N) is 5. The van der Waals surface area contributed by atoms with Crippen LogP contribution in [0.3, 0.4) is 0 Å². The quantitative estimate of drug-likeness (QED) is 0.719. The lowest BCUT2D eigenvalue weighted by Crippen LogP contribution is -2.37. The molecule has 10 nitrogen and oxygen atoms in total. The lowest BCUT2D eigenvalue weighted by atomic mass is 10.1. The Labute approximate surface area is 147 Å². The second-order valence-electron chi connectivity index (χ2n) is 5.97. The number of imidazole rings is 1. The summed E-state index contributed by atoms with van der Waals surface area (Å²) in [4.78, 5) is 10.6. The Morgan fingerprint density at radius 2 is 2.04 bits per heavy atom. The summed E-state index contributed by atoms with van der Waals surface area (Å²) in [5.74, 6) is 0.558. The van der Waals surface area contributed by atoms with Gasteiger partial charge in [0.25, 0.3) is 0 Å². The topological polar surface area (TPSA) is 125 Å². The van der Waals surface area contributed by atoms with E-state index in [1.165, 1.54) is 10.7 Å². The molecule has 4 atom stereocenters. The zero-order valence-corrected chi connectivity index (χ0v) is 13.9. The largest absolute Gasteiger partial charge is 0.387 e. The minimum atomic E-state index is -1.26. The first kappa shape index (κ1) is 16.9. The Kier molecular flexibility index (Phi) is 4.48. The maximum atomic E-state index is 11.1. The number of aliphatic hydroxyl groups is 2. The van der Waals surface area contributed by atoms with Gasteiger partial charge in [-0.2, -0.15) is 4.98 Å². The van der Waals surface area contributed by atoms with Crippen molar-refractivity contribution in [2.45, 2.75) is 24.4 Å². The van der Waals surface area contributed by atoms with E-state index in [1.54, 1.807) is 0 Å². The van der Waals surface area contributed by atoms with Gasteiger partial charge >= 0.3 is 0 Å². The molecule has 2 aromatic rings. The van der Waals surface area contributed by atoms with Crippen LogP contribution in [0.4, 0.5) is 5.82 Å². The van der Waals surface area contributed by atoms with E-state index in [0.29, 0.717) is 43.5 Å². The van der Waals surface area contributed by atoms with Crippen molar-refractivity contribution in [1.82, 2.24) is 19.6 Å². The standard InChI is InChI=1S/C14H17ClN5O5/c15-14-17-13(19-1-3-24-4-2-19)12-16-5-7(20(12)18-14)11-10(23)9(22)8(6-21)25-11/h5,8-11,22-23H,1-4,6H2/t8-,9-,10-,11+/m1/s1. The van der Waals surface area contributed by atoms with E-state index in [9.17, 15) is 15.3 Å². The van der Waals surface area contributed by atoms with E-state index in [2.05, 4.69) is 15.1 Å². The minimum absolute atomic E-state index is 0.0154. The van der Waals surface area contributed by atoms with Crippen LogP contribution in [0.2, 0.25) is 5.28 Å². The molecular weight excluding hydrogens is 354 g/mol. The van der Waals surface area contributed by atoms with Crippen LogP contribution in [0.25, 0.3) is 5.65 Å². The number of anilines is 1. The van der Waals surface area contributed by atoms with Crippen molar-refractivity contribution in [2.75, 3.05) is 37.8 Å². The molecule has 0 saturated carbocycles. The lowest BCUT2D eigenvalue weighted by molar-refractivity contribution is -0.0411. The fourth-order valence-corrected chi connectivity index (χ4v) is 3.33. The molecule has 1 radical (unpaired) electrons. The highest BCUT2D eigenvalue weighted by Crippen LogP contribution is 2.34. The van der Waals surface area contributed by atoms with Gasteiger partial charge in [-0.3, -0.25) is 0 Å². The summed E-state index contributed by atoms with van der Waals surface area (Å²) in [5, 5.41) is 35.4. The van der Waals surface area contributed by atoms with E-state index < -0.39 is 31.0 Å². The molecule has 2 aliphatic rings. The molecular formula is C14H17ClN5O5. The Morgan fingerprint density at radius 1 is 1.28 bits per heavy atom. The number of hydrogen-bond acceptors (Lipinski definition) is 8. The lowest BCUT2D eigenvalue weighted by Gasteiger charge is -2.27. The van der Waals surface area contributed by atoms with E-state index >= 15 is 0 Å². The molecule has 11 heteroatoms. The molecule has 0 aliphatic carbocycles. The minimum Gasteiger partial charge on any atom is -0.387 e. The Balaban J connectivity index is 1.75. The maximum Gasteiger partial charge on any atom is 0.243 e. The normalized spacial score (nSPS) is 30.3. The van der Waals surface area contributed by atoms with Gasteiger partial charge in [0.05, 0.1) is 25.1 Å². The smallest absolute Gasteiger partial charge is 0.243 e. The first-order valence-electron chi connectivity index (χ1n) is 7.93. The van der Waals surface area contributed by atoms with Crippen molar-refractivity contribution in [3.63, 3.8) is 0 Å². The molecule has 4 rings (SSSR count). The second kappa shape index (κ2) is 6.63.